The molecule has 1 aliphatic heterocycles. The van der Waals surface area contributed by atoms with Gasteiger partial charge in [-0.2, -0.15) is 0 Å². The van der Waals surface area contributed by atoms with Crippen LogP contribution in [0.1, 0.15) is 49.9 Å². The number of fused-ring (bicyclic) bond motifs is 1. The molecule has 142 valence electrons. The van der Waals surface area contributed by atoms with Crippen LogP contribution in [0.5, 0.6) is 5.75 Å². The highest BCUT2D eigenvalue weighted by atomic mass is 16.5. The molecule has 0 unspecified atom stereocenters. The van der Waals surface area contributed by atoms with Crippen LogP contribution in [0.25, 0.3) is 5.57 Å². The van der Waals surface area contributed by atoms with Crippen molar-refractivity contribution in [2.75, 3.05) is 18.6 Å². The van der Waals surface area contributed by atoms with Crippen LogP contribution in [0.3, 0.4) is 0 Å². The third-order valence-corrected chi connectivity index (χ3v) is 5.49. The highest BCUT2D eigenvalue weighted by molar-refractivity contribution is 5.92. The molecule has 0 aliphatic carbocycles. The van der Waals surface area contributed by atoms with Crippen molar-refractivity contribution >= 4 is 23.2 Å². The summed E-state index contributed by atoms with van der Waals surface area (Å²) in [7, 11) is 1.72. The highest BCUT2D eigenvalue weighted by Gasteiger charge is 2.31. The summed E-state index contributed by atoms with van der Waals surface area (Å²) in [5, 5.41) is 0. The van der Waals surface area contributed by atoms with Crippen molar-refractivity contribution in [2.24, 2.45) is 4.99 Å². The molecule has 0 N–H and O–H groups in total. The smallest absolute Gasteiger partial charge is 0.129 e. The number of benzene rings is 2. The van der Waals surface area contributed by atoms with Gasteiger partial charge in [0.2, 0.25) is 0 Å². The van der Waals surface area contributed by atoms with Crippen molar-refractivity contribution in [2.45, 2.75) is 47.1 Å². The Morgan fingerprint density at radius 2 is 1.81 bits per heavy atom. The minimum atomic E-state index is -0.00806. The Kier molecular flexibility index (Phi) is 5.14. The lowest BCUT2D eigenvalue weighted by Gasteiger charge is -2.43. The van der Waals surface area contributed by atoms with Gasteiger partial charge in [0.05, 0.1) is 18.3 Å². The van der Waals surface area contributed by atoms with Crippen molar-refractivity contribution in [1.82, 2.24) is 0 Å². The average Bonchev–Trinajstić information content (AvgIpc) is 2.61. The van der Waals surface area contributed by atoms with Gasteiger partial charge >= 0.3 is 0 Å². The minimum absolute atomic E-state index is 0.00806. The van der Waals surface area contributed by atoms with Crippen LogP contribution in [-0.4, -0.2) is 25.4 Å². The Morgan fingerprint density at radius 1 is 1.07 bits per heavy atom. The molecule has 0 amide bonds. The standard InChI is InChI=1S/C24H30N2O/c1-8-26-22-13-23(27-7)19(12-21(22)18(4)14-24(26,5)6)15-25-20-10-9-16(2)17(3)11-20/h9-15H,8H2,1-7H3. The Bertz CT molecular complexity index is 922. The van der Waals surface area contributed by atoms with E-state index in [9.17, 15) is 0 Å². The van der Waals surface area contributed by atoms with E-state index in [4.69, 9.17) is 9.73 Å². The van der Waals surface area contributed by atoms with Gasteiger partial charge in [-0.05, 0) is 76.4 Å². The first kappa shape index (κ1) is 19.2. The Morgan fingerprint density at radius 3 is 2.44 bits per heavy atom. The molecule has 1 aliphatic rings. The SMILES string of the molecule is CCN1c2cc(OC)c(C=Nc3ccc(C)c(C)c3)cc2C(C)=CC1(C)C. The molecule has 0 bridgehead atoms. The zero-order chi connectivity index (χ0) is 19.8. The predicted molar refractivity (Wildman–Crippen MR) is 117 cm³/mol. The molecule has 2 aromatic carbocycles. The van der Waals surface area contributed by atoms with Crippen LogP contribution in [-0.2, 0) is 0 Å². The van der Waals surface area contributed by atoms with Gasteiger partial charge < -0.3 is 9.64 Å². The van der Waals surface area contributed by atoms with Crippen molar-refractivity contribution < 1.29 is 4.74 Å². The molecule has 0 saturated heterocycles. The number of methoxy groups -OCH3 is 1. The van der Waals surface area contributed by atoms with Gasteiger partial charge in [-0.15, -0.1) is 0 Å². The molecule has 3 rings (SSSR count). The van der Waals surface area contributed by atoms with Gasteiger partial charge in [0.1, 0.15) is 5.75 Å². The lowest BCUT2D eigenvalue weighted by molar-refractivity contribution is 0.413. The highest BCUT2D eigenvalue weighted by Crippen LogP contribution is 2.41. The van der Waals surface area contributed by atoms with Gasteiger partial charge in [-0.25, -0.2) is 0 Å². The maximum absolute atomic E-state index is 5.70. The fourth-order valence-electron chi connectivity index (χ4n) is 3.93. The van der Waals surface area contributed by atoms with Crippen LogP contribution in [0.4, 0.5) is 11.4 Å². The monoisotopic (exact) mass is 362 g/mol. The number of nitrogens with zero attached hydrogens (tertiary/aromatic N) is 2. The number of hydrogen-bond acceptors (Lipinski definition) is 3. The average molecular weight is 363 g/mol. The van der Waals surface area contributed by atoms with E-state index in [2.05, 4.69) is 82.9 Å². The summed E-state index contributed by atoms with van der Waals surface area (Å²) in [6.07, 6.45) is 4.25. The summed E-state index contributed by atoms with van der Waals surface area (Å²) < 4.78 is 5.70. The molecule has 3 nitrogen and oxygen atoms in total. The predicted octanol–water partition coefficient (Wildman–Crippen LogP) is 6.08. The van der Waals surface area contributed by atoms with E-state index in [1.807, 2.05) is 6.21 Å². The topological polar surface area (TPSA) is 24.8 Å². The van der Waals surface area contributed by atoms with E-state index in [-0.39, 0.29) is 5.54 Å². The summed E-state index contributed by atoms with van der Waals surface area (Å²) in [4.78, 5) is 7.11. The Hall–Kier alpha value is -2.55. The second-order valence-corrected chi connectivity index (χ2v) is 7.86. The molecular formula is C24H30N2O. The third kappa shape index (κ3) is 3.64. The van der Waals surface area contributed by atoms with Gasteiger partial charge in [0.25, 0.3) is 0 Å². The number of ether oxygens (including phenoxy) is 1. The van der Waals surface area contributed by atoms with Gasteiger partial charge in [-0.1, -0.05) is 12.1 Å². The number of rotatable bonds is 4. The van der Waals surface area contributed by atoms with Crippen molar-refractivity contribution in [3.8, 4) is 5.75 Å². The zero-order valence-corrected chi connectivity index (χ0v) is 17.6. The summed E-state index contributed by atoms with van der Waals surface area (Å²) in [5.74, 6) is 0.852. The van der Waals surface area contributed by atoms with Crippen LogP contribution in [0.2, 0.25) is 0 Å². The Labute approximate surface area is 163 Å². The minimum Gasteiger partial charge on any atom is -0.496 e. The molecule has 0 saturated carbocycles. The van der Waals surface area contributed by atoms with Crippen LogP contribution in [0, 0.1) is 13.8 Å². The molecule has 0 fully saturated rings. The lowest BCUT2D eigenvalue weighted by atomic mass is 9.88. The van der Waals surface area contributed by atoms with E-state index in [1.54, 1.807) is 7.11 Å². The van der Waals surface area contributed by atoms with Gasteiger partial charge in [-0.3, -0.25) is 4.99 Å². The van der Waals surface area contributed by atoms with E-state index in [0.717, 1.165) is 23.5 Å². The molecule has 2 aromatic rings. The lowest BCUT2D eigenvalue weighted by Crippen LogP contribution is -2.44. The number of aliphatic imine (C=N–C) groups is 1. The first-order chi connectivity index (χ1) is 12.8. The summed E-state index contributed by atoms with van der Waals surface area (Å²) >= 11 is 0. The number of allylic oxidation sites excluding steroid dienone is 1. The molecule has 1 heterocycles. The van der Waals surface area contributed by atoms with Gasteiger partial charge in [0.15, 0.2) is 0 Å². The molecule has 0 spiro atoms. The molecule has 27 heavy (non-hydrogen) atoms. The first-order valence-corrected chi connectivity index (χ1v) is 9.57. The van der Waals surface area contributed by atoms with E-state index >= 15 is 0 Å². The van der Waals surface area contributed by atoms with Crippen molar-refractivity contribution in [3.63, 3.8) is 0 Å². The molecule has 0 aromatic heterocycles. The summed E-state index contributed by atoms with van der Waals surface area (Å²) in [6.45, 7) is 14.1. The largest absolute Gasteiger partial charge is 0.496 e. The van der Waals surface area contributed by atoms with Crippen LogP contribution < -0.4 is 9.64 Å². The first-order valence-electron chi connectivity index (χ1n) is 9.57. The van der Waals surface area contributed by atoms with Crippen molar-refractivity contribution in [3.05, 3.63) is 58.7 Å². The fraction of sp³-hybridized carbons (Fsp3) is 0.375. The van der Waals surface area contributed by atoms with Crippen molar-refractivity contribution in [1.29, 1.82) is 0 Å². The molecule has 3 heteroatoms. The fourth-order valence-corrected chi connectivity index (χ4v) is 3.93. The molecule has 0 radical (unpaired) electrons. The van der Waals surface area contributed by atoms with Crippen LogP contribution >= 0.6 is 0 Å². The maximum atomic E-state index is 5.70. The molecule has 0 atom stereocenters. The Balaban J connectivity index is 2.06. The number of hydrogen-bond donors (Lipinski definition) is 0. The van der Waals surface area contributed by atoms with Gasteiger partial charge in [0, 0.05) is 35.6 Å². The number of likely N-dealkylation sites (N-methyl/N-ethyl adjacent to an activating group) is 1. The second kappa shape index (κ2) is 7.22. The number of aryl methyl sites for hydroxylation is 2. The van der Waals surface area contributed by atoms with E-state index in [1.165, 1.54) is 28.0 Å². The zero-order valence-electron chi connectivity index (χ0n) is 17.6. The summed E-state index contributed by atoms with van der Waals surface area (Å²) in [6, 6.07) is 10.6. The molecular weight excluding hydrogens is 332 g/mol. The number of anilines is 1. The normalized spacial score (nSPS) is 15.7. The quantitative estimate of drug-likeness (QED) is 0.615. The summed E-state index contributed by atoms with van der Waals surface area (Å²) in [5.41, 5.74) is 8.25. The maximum Gasteiger partial charge on any atom is 0.129 e. The van der Waals surface area contributed by atoms with E-state index in [0.29, 0.717) is 0 Å². The second-order valence-electron chi connectivity index (χ2n) is 7.86. The van der Waals surface area contributed by atoms with Crippen LogP contribution in [0.15, 0.2) is 41.4 Å². The van der Waals surface area contributed by atoms with E-state index < -0.39 is 0 Å². The third-order valence-electron chi connectivity index (χ3n) is 5.49.